The van der Waals surface area contributed by atoms with Crippen molar-refractivity contribution in [3.63, 3.8) is 0 Å². The minimum atomic E-state index is 0.299. The summed E-state index contributed by atoms with van der Waals surface area (Å²) in [5.74, 6) is 0. The molecule has 2 aromatic rings. The van der Waals surface area contributed by atoms with Gasteiger partial charge in [0.15, 0.2) is 0 Å². The van der Waals surface area contributed by atoms with Crippen LogP contribution in [-0.4, -0.2) is 4.98 Å². The molecule has 1 aromatic heterocycles. The Hall–Kier alpha value is -0.790. The van der Waals surface area contributed by atoms with Crippen LogP contribution in [0.5, 0.6) is 0 Å². The summed E-state index contributed by atoms with van der Waals surface area (Å²) in [5, 5.41) is 2.39. The molecule has 0 fully saturated rings. The molecule has 1 aliphatic carbocycles. The number of nitrogens with zero attached hydrogens (tertiary/aromatic N) is 1. The van der Waals surface area contributed by atoms with Crippen LogP contribution in [0.1, 0.15) is 31.5 Å². The van der Waals surface area contributed by atoms with E-state index in [1.165, 1.54) is 5.56 Å². The smallest absolute Gasteiger partial charge is 0.0735 e. The lowest BCUT2D eigenvalue weighted by atomic mass is 9.76. The highest BCUT2D eigenvalue weighted by Crippen LogP contribution is 2.41. The maximum atomic E-state index is 6.57. The van der Waals surface area contributed by atoms with Crippen molar-refractivity contribution in [1.82, 2.24) is 4.98 Å². The third kappa shape index (κ3) is 1.90. The average Bonchev–Trinajstić information content (AvgIpc) is 2.30. The first kappa shape index (κ1) is 12.3. The first-order valence-electron chi connectivity index (χ1n) is 6.23. The lowest BCUT2D eigenvalue weighted by Crippen LogP contribution is -2.23. The highest BCUT2D eigenvalue weighted by molar-refractivity contribution is 6.42. The van der Waals surface area contributed by atoms with Crippen molar-refractivity contribution in [2.24, 2.45) is 5.41 Å². The Labute approximate surface area is 117 Å². The Morgan fingerprint density at radius 2 is 2.00 bits per heavy atom. The minimum absolute atomic E-state index is 0.299. The normalized spacial score (nSPS) is 17.8. The zero-order valence-electron chi connectivity index (χ0n) is 10.6. The Bertz CT molecular complexity index is 632. The molecule has 3 heteroatoms. The van der Waals surface area contributed by atoms with Gasteiger partial charge in [0, 0.05) is 11.1 Å². The molecule has 0 radical (unpaired) electrons. The topological polar surface area (TPSA) is 12.9 Å². The average molecular weight is 280 g/mol. The zero-order valence-corrected chi connectivity index (χ0v) is 12.1. The van der Waals surface area contributed by atoms with Crippen LogP contribution in [0, 0.1) is 5.41 Å². The van der Waals surface area contributed by atoms with Gasteiger partial charge in [0.1, 0.15) is 0 Å². The van der Waals surface area contributed by atoms with Crippen molar-refractivity contribution in [2.45, 2.75) is 33.1 Å². The molecule has 1 aromatic carbocycles. The largest absolute Gasteiger partial charge is 0.252 e. The first-order chi connectivity index (χ1) is 8.48. The van der Waals surface area contributed by atoms with E-state index in [2.05, 4.69) is 13.8 Å². The van der Waals surface area contributed by atoms with Gasteiger partial charge in [-0.1, -0.05) is 43.1 Å². The van der Waals surface area contributed by atoms with Crippen LogP contribution in [0.15, 0.2) is 18.2 Å². The van der Waals surface area contributed by atoms with Gasteiger partial charge < -0.3 is 0 Å². The highest BCUT2D eigenvalue weighted by atomic mass is 35.5. The van der Waals surface area contributed by atoms with Crippen molar-refractivity contribution in [3.8, 4) is 0 Å². The van der Waals surface area contributed by atoms with Gasteiger partial charge in [-0.25, -0.2) is 0 Å². The molecule has 0 unspecified atom stereocenters. The molecule has 1 nitrogen and oxygen atoms in total. The molecule has 0 bridgehead atoms. The van der Waals surface area contributed by atoms with E-state index in [0.717, 1.165) is 40.9 Å². The van der Waals surface area contributed by atoms with Gasteiger partial charge in [-0.3, -0.25) is 4.98 Å². The fourth-order valence-corrected chi connectivity index (χ4v) is 3.41. The van der Waals surface area contributed by atoms with Gasteiger partial charge in [0.2, 0.25) is 0 Å². The monoisotopic (exact) mass is 279 g/mol. The molecule has 0 saturated carbocycles. The van der Waals surface area contributed by atoms with E-state index >= 15 is 0 Å². The summed E-state index contributed by atoms with van der Waals surface area (Å²) in [6, 6.07) is 5.78. The summed E-state index contributed by atoms with van der Waals surface area (Å²) in [7, 11) is 0. The number of benzene rings is 1. The molecule has 94 valence electrons. The van der Waals surface area contributed by atoms with Gasteiger partial charge in [0.05, 0.1) is 15.6 Å². The summed E-state index contributed by atoms with van der Waals surface area (Å²) in [5.41, 5.74) is 3.54. The number of fused-ring (bicyclic) bond motifs is 2. The summed E-state index contributed by atoms with van der Waals surface area (Å²) < 4.78 is 0. The number of hydrogen-bond donors (Lipinski definition) is 0. The van der Waals surface area contributed by atoms with E-state index in [9.17, 15) is 0 Å². The third-order valence-electron chi connectivity index (χ3n) is 3.77. The summed E-state index contributed by atoms with van der Waals surface area (Å²) in [6.07, 6.45) is 3.15. The molecule has 0 N–H and O–H groups in total. The molecule has 1 aliphatic rings. The quantitative estimate of drug-likeness (QED) is 0.657. The van der Waals surface area contributed by atoms with Crippen LogP contribution in [0.4, 0.5) is 0 Å². The molecule has 0 atom stereocenters. The van der Waals surface area contributed by atoms with Crippen molar-refractivity contribution >= 4 is 34.1 Å². The maximum absolute atomic E-state index is 6.57. The molecule has 0 aliphatic heterocycles. The van der Waals surface area contributed by atoms with E-state index in [1.54, 1.807) is 0 Å². The van der Waals surface area contributed by atoms with E-state index in [4.69, 9.17) is 28.2 Å². The number of halogens is 2. The van der Waals surface area contributed by atoms with Crippen molar-refractivity contribution in [1.29, 1.82) is 0 Å². The van der Waals surface area contributed by atoms with Crippen LogP contribution in [-0.2, 0) is 12.8 Å². The molecule has 0 amide bonds. The van der Waals surface area contributed by atoms with Gasteiger partial charge in [0.25, 0.3) is 0 Å². The Kier molecular flexibility index (Phi) is 2.80. The van der Waals surface area contributed by atoms with Crippen LogP contribution in [0.2, 0.25) is 10.0 Å². The molecule has 3 rings (SSSR count). The Morgan fingerprint density at radius 1 is 1.22 bits per heavy atom. The van der Waals surface area contributed by atoms with Gasteiger partial charge in [-0.05, 0) is 42.4 Å². The fraction of sp³-hybridized carbons (Fsp3) is 0.400. The van der Waals surface area contributed by atoms with Crippen LogP contribution in [0.25, 0.3) is 10.9 Å². The van der Waals surface area contributed by atoms with Crippen LogP contribution >= 0.6 is 23.2 Å². The van der Waals surface area contributed by atoms with E-state index in [0.29, 0.717) is 10.4 Å². The van der Waals surface area contributed by atoms with E-state index in [1.807, 2.05) is 18.2 Å². The second-order valence-electron chi connectivity index (χ2n) is 5.83. The molecule has 0 saturated heterocycles. The second-order valence-corrected chi connectivity index (χ2v) is 6.61. The first-order valence-corrected chi connectivity index (χ1v) is 6.99. The lowest BCUT2D eigenvalue weighted by Gasteiger charge is -2.31. The van der Waals surface area contributed by atoms with Gasteiger partial charge in [-0.2, -0.15) is 0 Å². The molecule has 0 spiro atoms. The summed E-state index contributed by atoms with van der Waals surface area (Å²) in [4.78, 5) is 4.73. The number of hydrogen-bond acceptors (Lipinski definition) is 1. The lowest BCUT2D eigenvalue weighted by molar-refractivity contribution is 0.313. The van der Waals surface area contributed by atoms with Crippen LogP contribution in [0.3, 0.4) is 0 Å². The Morgan fingerprint density at radius 3 is 2.78 bits per heavy atom. The number of aryl methyl sites for hydroxylation is 1. The molecule has 1 heterocycles. The SMILES string of the molecule is CC1(C)CCc2nc3cccc(Cl)c3c(Cl)c2C1. The predicted octanol–water partition coefficient (Wildman–Crippen LogP) is 5.06. The summed E-state index contributed by atoms with van der Waals surface area (Å²) in [6.45, 7) is 4.56. The molecular formula is C15H15Cl2N. The van der Waals surface area contributed by atoms with E-state index < -0.39 is 0 Å². The number of pyridine rings is 1. The fourth-order valence-electron chi connectivity index (χ4n) is 2.72. The zero-order chi connectivity index (χ0) is 12.9. The summed E-state index contributed by atoms with van der Waals surface area (Å²) >= 11 is 12.8. The highest BCUT2D eigenvalue weighted by Gasteiger charge is 2.28. The van der Waals surface area contributed by atoms with Gasteiger partial charge >= 0.3 is 0 Å². The van der Waals surface area contributed by atoms with Crippen molar-refractivity contribution in [3.05, 3.63) is 39.5 Å². The second kappa shape index (κ2) is 4.11. The molecule has 18 heavy (non-hydrogen) atoms. The predicted molar refractivity (Wildman–Crippen MR) is 77.6 cm³/mol. The maximum Gasteiger partial charge on any atom is 0.0735 e. The van der Waals surface area contributed by atoms with E-state index in [-0.39, 0.29) is 0 Å². The van der Waals surface area contributed by atoms with Gasteiger partial charge in [-0.15, -0.1) is 0 Å². The van der Waals surface area contributed by atoms with Crippen molar-refractivity contribution in [2.75, 3.05) is 0 Å². The number of aromatic nitrogens is 1. The Balaban J connectivity index is 2.31. The number of rotatable bonds is 0. The third-order valence-corrected chi connectivity index (χ3v) is 4.51. The molecular weight excluding hydrogens is 265 g/mol. The minimum Gasteiger partial charge on any atom is -0.252 e. The van der Waals surface area contributed by atoms with Crippen LogP contribution < -0.4 is 0 Å². The standard InChI is InChI=1S/C15H15Cl2N/c1-15(2)7-6-11-9(8-15)14(17)13-10(16)4-3-5-12(13)18-11/h3-5H,6-8H2,1-2H3. The van der Waals surface area contributed by atoms with Crippen molar-refractivity contribution < 1.29 is 0 Å².